The molecule has 0 saturated heterocycles. The molecule has 2 bridgehead atoms. The van der Waals surface area contributed by atoms with Crippen LogP contribution in [0.15, 0.2) is 23.1 Å². The summed E-state index contributed by atoms with van der Waals surface area (Å²) in [6.45, 7) is 1.74. The monoisotopic (exact) mass is 281 g/mol. The Balaban J connectivity index is 1.78. The molecule has 1 aromatic carbocycles. The highest BCUT2D eigenvalue weighted by Gasteiger charge is 2.40. The second kappa shape index (κ2) is 4.49. The summed E-state index contributed by atoms with van der Waals surface area (Å²) in [6.07, 6.45) is 5.34. The number of hydrogen-bond donors (Lipinski definition) is 1. The molecule has 0 spiro atoms. The number of sulfonamides is 1. The highest BCUT2D eigenvalue weighted by molar-refractivity contribution is 7.89. The maximum Gasteiger partial charge on any atom is 0.238 e. The second-order valence-electron chi connectivity index (χ2n) is 5.80. The SMILES string of the molecule is Cc1cc(OC2CC3CCC2C3)ccc1S(N)(=O)=O. The minimum Gasteiger partial charge on any atom is -0.490 e. The lowest BCUT2D eigenvalue weighted by Crippen LogP contribution is -2.23. The summed E-state index contributed by atoms with van der Waals surface area (Å²) in [6, 6.07) is 5.01. The lowest BCUT2D eigenvalue weighted by molar-refractivity contribution is 0.138. The Labute approximate surface area is 114 Å². The molecular weight excluding hydrogens is 262 g/mol. The van der Waals surface area contributed by atoms with Gasteiger partial charge in [0.15, 0.2) is 0 Å². The van der Waals surface area contributed by atoms with Crippen molar-refractivity contribution in [2.45, 2.75) is 43.6 Å². The van der Waals surface area contributed by atoms with Crippen molar-refractivity contribution in [3.8, 4) is 5.75 Å². The number of hydrogen-bond acceptors (Lipinski definition) is 3. The molecule has 0 heterocycles. The van der Waals surface area contributed by atoms with Crippen LogP contribution in [0.4, 0.5) is 0 Å². The van der Waals surface area contributed by atoms with Crippen molar-refractivity contribution < 1.29 is 13.2 Å². The molecule has 3 rings (SSSR count). The molecule has 3 atom stereocenters. The minimum absolute atomic E-state index is 0.174. The third kappa shape index (κ3) is 2.49. The van der Waals surface area contributed by atoms with Gasteiger partial charge in [0.25, 0.3) is 0 Å². The molecule has 3 unspecified atom stereocenters. The Hall–Kier alpha value is -1.07. The van der Waals surface area contributed by atoms with Crippen molar-refractivity contribution in [3.63, 3.8) is 0 Å². The van der Waals surface area contributed by atoms with Crippen LogP contribution in [0.5, 0.6) is 5.75 Å². The molecule has 4 nitrogen and oxygen atoms in total. The number of rotatable bonds is 3. The third-order valence-corrected chi connectivity index (χ3v) is 5.48. The lowest BCUT2D eigenvalue weighted by Gasteiger charge is -2.23. The van der Waals surface area contributed by atoms with Gasteiger partial charge >= 0.3 is 0 Å². The van der Waals surface area contributed by atoms with E-state index in [1.807, 2.05) is 0 Å². The quantitative estimate of drug-likeness (QED) is 0.923. The van der Waals surface area contributed by atoms with Gasteiger partial charge in [-0.3, -0.25) is 0 Å². The number of aryl methyl sites for hydroxylation is 1. The van der Waals surface area contributed by atoms with Gasteiger partial charge in [0.05, 0.1) is 4.90 Å². The van der Waals surface area contributed by atoms with E-state index < -0.39 is 10.0 Å². The number of ether oxygens (including phenoxy) is 1. The number of fused-ring (bicyclic) bond motifs is 2. The van der Waals surface area contributed by atoms with Crippen LogP contribution in [-0.2, 0) is 10.0 Å². The fourth-order valence-corrected chi connectivity index (χ4v) is 4.29. The smallest absolute Gasteiger partial charge is 0.238 e. The van der Waals surface area contributed by atoms with Crippen molar-refractivity contribution in [3.05, 3.63) is 23.8 Å². The van der Waals surface area contributed by atoms with E-state index in [1.165, 1.54) is 25.3 Å². The summed E-state index contributed by atoms with van der Waals surface area (Å²) >= 11 is 0. The van der Waals surface area contributed by atoms with Gasteiger partial charge in [-0.2, -0.15) is 0 Å². The lowest BCUT2D eigenvalue weighted by atomic mass is 9.98. The first-order chi connectivity index (χ1) is 8.93. The molecular formula is C14H19NO3S. The standard InChI is InChI=1S/C14H19NO3S/c1-9-6-12(4-5-14(9)19(15,16)17)18-13-8-10-2-3-11(13)7-10/h4-6,10-11,13H,2-3,7-8H2,1H3,(H2,15,16,17). The molecule has 104 valence electrons. The van der Waals surface area contributed by atoms with Crippen molar-refractivity contribution in [2.75, 3.05) is 0 Å². The Morgan fingerprint density at radius 2 is 2.05 bits per heavy atom. The van der Waals surface area contributed by atoms with Crippen LogP contribution in [0.1, 0.15) is 31.2 Å². The molecule has 2 aliphatic rings. The molecule has 0 aliphatic heterocycles. The molecule has 2 N–H and O–H groups in total. The highest BCUT2D eigenvalue weighted by atomic mass is 32.2. The van der Waals surface area contributed by atoms with Gasteiger partial charge in [-0.1, -0.05) is 0 Å². The molecule has 0 amide bonds. The van der Waals surface area contributed by atoms with Crippen LogP contribution in [0, 0.1) is 18.8 Å². The average molecular weight is 281 g/mol. The second-order valence-corrected chi connectivity index (χ2v) is 7.33. The van der Waals surface area contributed by atoms with Gasteiger partial charge in [0, 0.05) is 0 Å². The van der Waals surface area contributed by atoms with Crippen molar-refractivity contribution in [1.82, 2.24) is 0 Å². The van der Waals surface area contributed by atoms with Gasteiger partial charge in [-0.15, -0.1) is 0 Å². The van der Waals surface area contributed by atoms with Gasteiger partial charge in [0.2, 0.25) is 10.0 Å². The maximum atomic E-state index is 11.4. The molecule has 2 fully saturated rings. The Morgan fingerprint density at radius 3 is 2.58 bits per heavy atom. The molecule has 5 heteroatoms. The highest BCUT2D eigenvalue weighted by Crippen LogP contribution is 2.46. The average Bonchev–Trinajstić information content (AvgIpc) is 2.89. The number of benzene rings is 1. The number of primary sulfonamides is 1. The van der Waals surface area contributed by atoms with E-state index >= 15 is 0 Å². The Morgan fingerprint density at radius 1 is 1.26 bits per heavy atom. The topological polar surface area (TPSA) is 69.4 Å². The van der Waals surface area contributed by atoms with Crippen LogP contribution in [0.3, 0.4) is 0 Å². The van der Waals surface area contributed by atoms with Gasteiger partial charge in [-0.05, 0) is 68.2 Å². The number of nitrogens with two attached hydrogens (primary N) is 1. The summed E-state index contributed by atoms with van der Waals surface area (Å²) in [5, 5.41) is 5.15. The van der Waals surface area contributed by atoms with Gasteiger partial charge in [0.1, 0.15) is 11.9 Å². The fraction of sp³-hybridized carbons (Fsp3) is 0.571. The zero-order chi connectivity index (χ0) is 13.6. The first-order valence-corrected chi connectivity index (χ1v) is 8.28. The van der Waals surface area contributed by atoms with E-state index in [0.29, 0.717) is 17.6 Å². The normalized spacial score (nSPS) is 29.7. The van der Waals surface area contributed by atoms with Crippen molar-refractivity contribution in [2.24, 2.45) is 17.0 Å². The summed E-state index contributed by atoms with van der Waals surface area (Å²) in [5.74, 6) is 2.27. The van der Waals surface area contributed by atoms with E-state index in [4.69, 9.17) is 9.88 Å². The fourth-order valence-electron chi connectivity index (χ4n) is 3.52. The Kier molecular flexibility index (Phi) is 3.06. The Bertz CT molecular complexity index is 597. The summed E-state index contributed by atoms with van der Waals surface area (Å²) in [7, 11) is -3.64. The maximum absolute atomic E-state index is 11.4. The van der Waals surface area contributed by atoms with E-state index in [0.717, 1.165) is 18.1 Å². The van der Waals surface area contributed by atoms with Gasteiger partial charge in [-0.25, -0.2) is 13.6 Å². The predicted molar refractivity (Wildman–Crippen MR) is 72.4 cm³/mol. The summed E-state index contributed by atoms with van der Waals surface area (Å²) < 4.78 is 28.7. The van der Waals surface area contributed by atoms with Crippen LogP contribution in [0.2, 0.25) is 0 Å². The van der Waals surface area contributed by atoms with Crippen LogP contribution in [-0.4, -0.2) is 14.5 Å². The van der Waals surface area contributed by atoms with Crippen LogP contribution < -0.4 is 9.88 Å². The van der Waals surface area contributed by atoms with E-state index in [9.17, 15) is 8.42 Å². The third-order valence-electron chi connectivity index (χ3n) is 4.41. The molecule has 0 aromatic heterocycles. The molecule has 1 aromatic rings. The molecule has 19 heavy (non-hydrogen) atoms. The van der Waals surface area contributed by atoms with Crippen LogP contribution >= 0.6 is 0 Å². The van der Waals surface area contributed by atoms with E-state index in [2.05, 4.69) is 0 Å². The minimum atomic E-state index is -3.64. The zero-order valence-corrected chi connectivity index (χ0v) is 11.8. The van der Waals surface area contributed by atoms with Gasteiger partial charge < -0.3 is 4.74 Å². The van der Waals surface area contributed by atoms with E-state index in [-0.39, 0.29) is 4.90 Å². The largest absolute Gasteiger partial charge is 0.490 e. The van der Waals surface area contributed by atoms with Crippen LogP contribution in [0.25, 0.3) is 0 Å². The first-order valence-electron chi connectivity index (χ1n) is 6.73. The van der Waals surface area contributed by atoms with Crippen molar-refractivity contribution in [1.29, 1.82) is 0 Å². The summed E-state index contributed by atoms with van der Waals surface area (Å²) in [5.41, 5.74) is 0.642. The molecule has 2 saturated carbocycles. The van der Waals surface area contributed by atoms with E-state index in [1.54, 1.807) is 19.1 Å². The first kappa shape index (κ1) is 12.9. The molecule has 2 aliphatic carbocycles. The zero-order valence-electron chi connectivity index (χ0n) is 11.0. The predicted octanol–water partition coefficient (Wildman–Crippen LogP) is 2.21. The molecule has 0 radical (unpaired) electrons. The summed E-state index contributed by atoms with van der Waals surface area (Å²) in [4.78, 5) is 0.174. The van der Waals surface area contributed by atoms with Crippen molar-refractivity contribution >= 4 is 10.0 Å².